The number of urea groups is 1. The molecule has 2 aliphatic heterocycles. The highest BCUT2D eigenvalue weighted by Crippen LogP contribution is 2.32. The molecule has 142 valence electrons. The number of carbonyl (C=O) groups is 2. The van der Waals surface area contributed by atoms with E-state index in [-0.39, 0.29) is 11.8 Å². The molecule has 1 aromatic rings. The lowest BCUT2D eigenvalue weighted by atomic mass is 9.90. The summed E-state index contributed by atoms with van der Waals surface area (Å²) in [6.07, 6.45) is 6.16. The van der Waals surface area contributed by atoms with E-state index in [0.717, 1.165) is 62.4 Å². The Kier molecular flexibility index (Phi) is 5.72. The van der Waals surface area contributed by atoms with Gasteiger partial charge in [-0.1, -0.05) is 42.1 Å². The predicted molar refractivity (Wildman–Crippen MR) is 110 cm³/mol. The highest BCUT2D eigenvalue weighted by atomic mass is 32.2. The van der Waals surface area contributed by atoms with E-state index in [1.807, 2.05) is 11.0 Å². The zero-order chi connectivity index (χ0) is 18.6. The van der Waals surface area contributed by atoms with Gasteiger partial charge in [-0.05, 0) is 50.0 Å². The first-order chi connectivity index (χ1) is 13.2. The van der Waals surface area contributed by atoms with E-state index in [0.29, 0.717) is 11.7 Å². The molecule has 1 unspecified atom stereocenters. The van der Waals surface area contributed by atoms with Crippen molar-refractivity contribution in [1.29, 1.82) is 0 Å². The van der Waals surface area contributed by atoms with Gasteiger partial charge < -0.3 is 4.90 Å². The van der Waals surface area contributed by atoms with Crippen LogP contribution in [-0.4, -0.2) is 46.4 Å². The van der Waals surface area contributed by atoms with E-state index >= 15 is 0 Å². The van der Waals surface area contributed by atoms with E-state index in [1.165, 1.54) is 17.3 Å². The number of rotatable bonds is 4. The maximum Gasteiger partial charge on any atom is 0.367 e. The van der Waals surface area contributed by atoms with Crippen LogP contribution in [0.1, 0.15) is 37.7 Å². The minimum absolute atomic E-state index is 0.162. The number of hydrogen-bond donors (Lipinski definition) is 0. The minimum atomic E-state index is -0.403. The quantitative estimate of drug-likeness (QED) is 0.790. The van der Waals surface area contributed by atoms with Crippen LogP contribution in [0.15, 0.2) is 40.3 Å². The van der Waals surface area contributed by atoms with Gasteiger partial charge in [-0.25, -0.2) is 9.79 Å². The molecular weight excluding hydrogens is 358 g/mol. The molecule has 6 heteroatoms. The van der Waals surface area contributed by atoms with E-state index < -0.39 is 6.03 Å². The Morgan fingerprint density at radius 1 is 1.11 bits per heavy atom. The second-order valence-corrected chi connectivity index (χ2v) is 8.58. The monoisotopic (exact) mass is 383 g/mol. The number of aliphatic imine (C=N–C) groups is 2. The van der Waals surface area contributed by atoms with Gasteiger partial charge in [-0.15, -0.1) is 0 Å². The van der Waals surface area contributed by atoms with Gasteiger partial charge in [0.15, 0.2) is 0 Å². The summed E-state index contributed by atoms with van der Waals surface area (Å²) in [6.45, 7) is 1.66. The zero-order valence-electron chi connectivity index (χ0n) is 15.5. The molecule has 27 heavy (non-hydrogen) atoms. The number of piperidine rings is 1. The first-order valence-corrected chi connectivity index (χ1v) is 10.8. The van der Waals surface area contributed by atoms with Gasteiger partial charge in [0.25, 0.3) is 0 Å². The standard InChI is InChI=1S/C21H25N3O2S/c25-19(14-27-20-17-7-4-8-18(17)22-21(26)23-20)24-11-9-16(10-12-24)13-15-5-2-1-3-6-15/h1-3,5-6,16-17H,4,7-14H2. The summed E-state index contributed by atoms with van der Waals surface area (Å²) in [5, 5.41) is 0.801. The van der Waals surface area contributed by atoms with Crippen molar-refractivity contribution in [2.75, 3.05) is 18.8 Å². The van der Waals surface area contributed by atoms with Crippen molar-refractivity contribution >= 4 is 34.5 Å². The summed E-state index contributed by atoms with van der Waals surface area (Å²) in [4.78, 5) is 34.4. The van der Waals surface area contributed by atoms with Gasteiger partial charge in [0.05, 0.1) is 10.8 Å². The first-order valence-electron chi connectivity index (χ1n) is 9.83. The van der Waals surface area contributed by atoms with Gasteiger partial charge in [0.1, 0.15) is 0 Å². The Balaban J connectivity index is 1.25. The smallest absolute Gasteiger partial charge is 0.342 e. The molecule has 0 N–H and O–H groups in total. The zero-order valence-corrected chi connectivity index (χ0v) is 16.3. The summed E-state index contributed by atoms with van der Waals surface area (Å²) in [5.41, 5.74) is 2.35. The van der Waals surface area contributed by atoms with Crippen molar-refractivity contribution in [3.63, 3.8) is 0 Å². The van der Waals surface area contributed by atoms with Crippen LogP contribution >= 0.6 is 11.8 Å². The van der Waals surface area contributed by atoms with Crippen molar-refractivity contribution in [2.24, 2.45) is 21.8 Å². The maximum absolute atomic E-state index is 12.6. The molecule has 1 atom stereocenters. The van der Waals surface area contributed by atoms with Crippen LogP contribution in [0.2, 0.25) is 0 Å². The second-order valence-electron chi connectivity index (χ2n) is 7.58. The normalized spacial score (nSPS) is 23.0. The number of likely N-dealkylation sites (tertiary alicyclic amines) is 1. The lowest BCUT2D eigenvalue weighted by molar-refractivity contribution is -0.129. The van der Waals surface area contributed by atoms with Crippen molar-refractivity contribution in [3.8, 4) is 0 Å². The lowest BCUT2D eigenvalue weighted by Crippen LogP contribution is -2.40. The molecule has 3 amide bonds. The fourth-order valence-electron chi connectivity index (χ4n) is 4.24. The molecule has 5 nitrogen and oxygen atoms in total. The van der Waals surface area contributed by atoms with E-state index in [9.17, 15) is 9.59 Å². The molecule has 1 aliphatic carbocycles. The fraction of sp³-hybridized carbons (Fsp3) is 0.524. The topological polar surface area (TPSA) is 62.1 Å². The minimum Gasteiger partial charge on any atom is -0.342 e. The first kappa shape index (κ1) is 18.4. The molecule has 3 aliphatic rings. The number of amides is 3. The molecule has 0 radical (unpaired) electrons. The Hall–Kier alpha value is -1.95. The second kappa shape index (κ2) is 8.38. The Morgan fingerprint density at radius 2 is 1.89 bits per heavy atom. The SMILES string of the molecule is O=C1N=C2CCCC2C(SCC(=O)N2CCC(Cc3ccccc3)CC2)=N1. The average Bonchev–Trinajstić information content (AvgIpc) is 3.15. The lowest BCUT2D eigenvalue weighted by Gasteiger charge is -2.32. The summed E-state index contributed by atoms with van der Waals surface area (Å²) in [5.74, 6) is 1.37. The number of benzene rings is 1. The van der Waals surface area contributed by atoms with E-state index in [1.54, 1.807) is 0 Å². The number of hydrogen-bond acceptors (Lipinski definition) is 3. The third-order valence-corrected chi connectivity index (χ3v) is 6.81. The van der Waals surface area contributed by atoms with Crippen molar-refractivity contribution in [2.45, 2.75) is 38.5 Å². The van der Waals surface area contributed by atoms with Crippen molar-refractivity contribution in [3.05, 3.63) is 35.9 Å². The van der Waals surface area contributed by atoms with E-state index in [2.05, 4.69) is 34.3 Å². The molecule has 1 aromatic carbocycles. The van der Waals surface area contributed by atoms with Crippen LogP contribution in [0.4, 0.5) is 4.79 Å². The predicted octanol–water partition coefficient (Wildman–Crippen LogP) is 3.97. The van der Waals surface area contributed by atoms with Gasteiger partial charge >= 0.3 is 6.03 Å². The van der Waals surface area contributed by atoms with Crippen molar-refractivity contribution in [1.82, 2.24) is 4.90 Å². The Bertz CT molecular complexity index is 767. The number of nitrogens with zero attached hydrogens (tertiary/aromatic N) is 3. The molecule has 2 fully saturated rings. The molecule has 0 bridgehead atoms. The van der Waals surface area contributed by atoms with Crippen LogP contribution in [0.25, 0.3) is 0 Å². The summed E-state index contributed by atoms with van der Waals surface area (Å²) < 4.78 is 0. The highest BCUT2D eigenvalue weighted by molar-refractivity contribution is 8.14. The summed E-state index contributed by atoms with van der Waals surface area (Å²) in [7, 11) is 0. The van der Waals surface area contributed by atoms with Gasteiger partial charge in [0, 0.05) is 24.7 Å². The third-order valence-electron chi connectivity index (χ3n) is 5.75. The highest BCUT2D eigenvalue weighted by Gasteiger charge is 2.32. The number of thioether (sulfide) groups is 1. The Morgan fingerprint density at radius 3 is 2.67 bits per heavy atom. The molecule has 0 spiro atoms. The van der Waals surface area contributed by atoms with Crippen LogP contribution in [0.5, 0.6) is 0 Å². The third kappa shape index (κ3) is 4.49. The fourth-order valence-corrected chi connectivity index (χ4v) is 5.29. The van der Waals surface area contributed by atoms with Crippen LogP contribution in [0.3, 0.4) is 0 Å². The average molecular weight is 384 g/mol. The van der Waals surface area contributed by atoms with Crippen LogP contribution < -0.4 is 0 Å². The molecule has 4 rings (SSSR count). The molecule has 1 saturated heterocycles. The van der Waals surface area contributed by atoms with Gasteiger partial charge in [-0.2, -0.15) is 4.99 Å². The summed E-state index contributed by atoms with van der Waals surface area (Å²) >= 11 is 1.44. The molecule has 2 heterocycles. The van der Waals surface area contributed by atoms with Gasteiger partial charge in [0.2, 0.25) is 5.91 Å². The van der Waals surface area contributed by atoms with Crippen LogP contribution in [-0.2, 0) is 11.2 Å². The molecule has 1 saturated carbocycles. The number of carbonyl (C=O) groups excluding carboxylic acids is 2. The van der Waals surface area contributed by atoms with E-state index in [4.69, 9.17) is 0 Å². The Labute approximate surface area is 164 Å². The largest absolute Gasteiger partial charge is 0.367 e. The molecular formula is C21H25N3O2S. The van der Waals surface area contributed by atoms with Crippen molar-refractivity contribution < 1.29 is 9.59 Å². The molecule has 0 aromatic heterocycles. The van der Waals surface area contributed by atoms with Gasteiger partial charge in [-0.3, -0.25) is 4.79 Å². The van der Waals surface area contributed by atoms with Crippen LogP contribution in [0, 0.1) is 11.8 Å². The number of fused-ring (bicyclic) bond motifs is 1. The summed E-state index contributed by atoms with van der Waals surface area (Å²) in [6, 6.07) is 10.2. The maximum atomic E-state index is 12.6.